The summed E-state index contributed by atoms with van der Waals surface area (Å²) >= 11 is 6.04. The normalized spacial score (nSPS) is 18.7. The third kappa shape index (κ3) is 6.54. The summed E-state index contributed by atoms with van der Waals surface area (Å²) in [4.78, 5) is 21.6. The Morgan fingerprint density at radius 2 is 1.82 bits per heavy atom. The molecule has 2 saturated heterocycles. The van der Waals surface area contributed by atoms with E-state index in [4.69, 9.17) is 22.1 Å². The van der Waals surface area contributed by atoms with Crippen LogP contribution in [0.4, 0.5) is 24.9 Å². The second-order valence-electron chi connectivity index (χ2n) is 11.6. The zero-order valence-electron chi connectivity index (χ0n) is 24.3. The van der Waals surface area contributed by atoms with Crippen molar-refractivity contribution in [3.8, 4) is 22.7 Å². The van der Waals surface area contributed by atoms with Gasteiger partial charge in [-0.1, -0.05) is 29.8 Å². The highest BCUT2D eigenvalue weighted by Crippen LogP contribution is 2.43. The molecule has 4 N–H and O–H groups in total. The van der Waals surface area contributed by atoms with Gasteiger partial charge in [0.05, 0.1) is 11.4 Å². The van der Waals surface area contributed by atoms with E-state index in [-0.39, 0.29) is 28.5 Å². The lowest BCUT2D eigenvalue weighted by Crippen LogP contribution is -2.41. The first-order valence-electron chi connectivity index (χ1n) is 14.4. The van der Waals surface area contributed by atoms with E-state index >= 15 is 0 Å². The molecule has 0 saturated carbocycles. The summed E-state index contributed by atoms with van der Waals surface area (Å²) < 4.78 is 51.7. The Balaban J connectivity index is 1.32. The fourth-order valence-corrected chi connectivity index (χ4v) is 6.23. The molecule has 2 aliphatic heterocycles. The summed E-state index contributed by atoms with van der Waals surface area (Å²) in [6, 6.07) is 14.0. The van der Waals surface area contributed by atoms with Crippen LogP contribution in [0.15, 0.2) is 60.8 Å². The minimum absolute atomic E-state index is 0.158. The van der Waals surface area contributed by atoms with E-state index in [2.05, 4.69) is 20.4 Å². The van der Waals surface area contributed by atoms with Crippen molar-refractivity contribution in [1.82, 2.24) is 25.1 Å². The van der Waals surface area contributed by atoms with Gasteiger partial charge in [0.15, 0.2) is 0 Å². The Morgan fingerprint density at radius 3 is 2.44 bits per heavy atom. The van der Waals surface area contributed by atoms with Crippen molar-refractivity contribution >= 4 is 29.3 Å². The number of nitrogens with one attached hydrogen (secondary N) is 1. The largest absolute Gasteiger partial charge is 0.480 e. The average Bonchev–Trinajstić information content (AvgIpc) is 3.62. The second-order valence-corrected chi connectivity index (χ2v) is 12.0. The zero-order chi connectivity index (χ0) is 31.9. The van der Waals surface area contributed by atoms with Crippen molar-refractivity contribution in [1.29, 1.82) is 0 Å². The lowest BCUT2D eigenvalue weighted by atomic mass is 9.76. The van der Waals surface area contributed by atoms with Crippen molar-refractivity contribution in [3.63, 3.8) is 0 Å². The highest BCUT2D eigenvalue weighted by Gasteiger charge is 2.46. The van der Waals surface area contributed by atoms with Crippen LogP contribution in [0.25, 0.3) is 16.8 Å². The number of benzene rings is 2. The number of anilines is 2. The van der Waals surface area contributed by atoms with Crippen LogP contribution >= 0.6 is 11.6 Å². The Labute approximate surface area is 262 Å². The third-order valence-corrected chi connectivity index (χ3v) is 8.76. The van der Waals surface area contributed by atoms with Crippen LogP contribution in [-0.2, 0) is 4.79 Å². The standard InChI is InChI=1S/C31H31ClF3N7O3/c1-18-8-11-42(40-18)24-7-4-20(19-2-5-21(32)6-3-19)14-22(24)27(31(33,34)35)45-26-15-25(38-29(36)39-26)41-12-9-30(10-13-41)16-23(28(43)44)37-17-30/h2-8,11,14-15,23,27,37H,9-10,12-13,16-17H2,1H3,(H,43,44)(H2,36,38,39)/t23-,27+/m0/s1. The van der Waals surface area contributed by atoms with Gasteiger partial charge in [0.2, 0.25) is 17.9 Å². The van der Waals surface area contributed by atoms with E-state index in [9.17, 15) is 23.1 Å². The first-order valence-corrected chi connectivity index (χ1v) is 14.8. The topological polar surface area (TPSA) is 131 Å². The van der Waals surface area contributed by atoms with Gasteiger partial charge < -0.3 is 25.8 Å². The number of halogens is 4. The van der Waals surface area contributed by atoms with Gasteiger partial charge >= 0.3 is 12.1 Å². The molecule has 2 aromatic carbocycles. The van der Waals surface area contributed by atoms with Gasteiger partial charge in [-0.15, -0.1) is 0 Å². The lowest BCUT2D eigenvalue weighted by molar-refractivity contribution is -0.198. The molecule has 45 heavy (non-hydrogen) atoms. The van der Waals surface area contributed by atoms with Crippen LogP contribution in [0.3, 0.4) is 0 Å². The number of nitrogens with two attached hydrogens (primary N) is 1. The smallest absolute Gasteiger partial charge is 0.429 e. The number of hydrogen-bond donors (Lipinski definition) is 3. The molecule has 10 nitrogen and oxygen atoms in total. The van der Waals surface area contributed by atoms with Crippen molar-refractivity contribution in [2.24, 2.45) is 5.41 Å². The van der Waals surface area contributed by atoms with Crippen molar-refractivity contribution < 1.29 is 27.8 Å². The summed E-state index contributed by atoms with van der Waals surface area (Å²) in [5.74, 6) is -1.08. The summed E-state index contributed by atoms with van der Waals surface area (Å²) in [7, 11) is 0. The number of carboxylic acids is 1. The summed E-state index contributed by atoms with van der Waals surface area (Å²) in [5.41, 5.74) is 7.69. The fourth-order valence-electron chi connectivity index (χ4n) is 6.11. The molecular formula is C31H31ClF3N7O3. The Hall–Kier alpha value is -4.36. The summed E-state index contributed by atoms with van der Waals surface area (Å²) in [6.45, 7) is 3.40. The van der Waals surface area contributed by atoms with Gasteiger partial charge in [-0.2, -0.15) is 28.2 Å². The van der Waals surface area contributed by atoms with Crippen molar-refractivity contribution in [3.05, 3.63) is 77.1 Å². The first kappa shape index (κ1) is 30.7. The van der Waals surface area contributed by atoms with Crippen LogP contribution in [0.1, 0.15) is 36.6 Å². The van der Waals surface area contributed by atoms with E-state index in [1.807, 2.05) is 4.90 Å². The predicted molar refractivity (Wildman–Crippen MR) is 163 cm³/mol. The molecule has 0 aliphatic carbocycles. The number of aromatic nitrogens is 4. The van der Waals surface area contributed by atoms with E-state index in [0.29, 0.717) is 66.6 Å². The van der Waals surface area contributed by atoms with E-state index < -0.39 is 24.3 Å². The Kier molecular flexibility index (Phi) is 8.08. The Bertz CT molecular complexity index is 1710. The molecule has 14 heteroatoms. The number of rotatable bonds is 7. The number of aliphatic carboxylic acids is 1. The quantitative estimate of drug-likeness (QED) is 0.236. The number of piperidine rings is 1. The fraction of sp³-hybridized carbons (Fsp3) is 0.355. The van der Waals surface area contributed by atoms with Gasteiger partial charge in [-0.3, -0.25) is 4.79 Å². The number of hydrogen-bond acceptors (Lipinski definition) is 8. The number of nitrogens with zero attached hydrogens (tertiary/aromatic N) is 5. The van der Waals surface area contributed by atoms with Gasteiger partial charge in [0.1, 0.15) is 11.9 Å². The number of nitrogen functional groups attached to an aromatic ring is 1. The van der Waals surface area contributed by atoms with E-state index in [1.54, 1.807) is 55.6 Å². The monoisotopic (exact) mass is 641 g/mol. The van der Waals surface area contributed by atoms with Crippen LogP contribution in [0, 0.1) is 12.3 Å². The number of ether oxygens (including phenoxy) is 1. The SMILES string of the molecule is Cc1ccn(-c2ccc(-c3ccc(Cl)cc3)cc2[C@@H](Oc2cc(N3CCC4(CC3)CN[C@H](C(=O)O)C4)nc(N)n2)C(F)(F)F)n1. The molecule has 4 heterocycles. The lowest BCUT2D eigenvalue weighted by Gasteiger charge is -2.39. The second kappa shape index (κ2) is 11.9. The molecule has 0 amide bonds. The number of aryl methyl sites for hydroxylation is 1. The van der Waals surface area contributed by atoms with Gasteiger partial charge in [0, 0.05) is 42.5 Å². The first-order chi connectivity index (χ1) is 21.4. The maximum absolute atomic E-state index is 14.9. The molecule has 2 aliphatic rings. The average molecular weight is 642 g/mol. The molecule has 2 atom stereocenters. The number of carboxylic acid groups (broad SMARTS) is 1. The summed E-state index contributed by atoms with van der Waals surface area (Å²) in [6.07, 6.45) is -3.77. The van der Waals surface area contributed by atoms with E-state index in [0.717, 1.165) is 0 Å². The van der Waals surface area contributed by atoms with Crippen LogP contribution in [0.5, 0.6) is 5.88 Å². The molecular weight excluding hydrogens is 611 g/mol. The highest BCUT2D eigenvalue weighted by molar-refractivity contribution is 6.30. The van der Waals surface area contributed by atoms with Crippen LogP contribution in [0.2, 0.25) is 5.02 Å². The van der Waals surface area contributed by atoms with Crippen LogP contribution < -0.4 is 20.7 Å². The molecule has 6 rings (SSSR count). The molecule has 0 unspecified atom stereocenters. The van der Waals surface area contributed by atoms with Crippen molar-refractivity contribution in [2.75, 3.05) is 30.3 Å². The molecule has 0 radical (unpaired) electrons. The molecule has 2 aromatic heterocycles. The predicted octanol–water partition coefficient (Wildman–Crippen LogP) is 5.59. The summed E-state index contributed by atoms with van der Waals surface area (Å²) in [5, 5.41) is 17.3. The minimum Gasteiger partial charge on any atom is -0.480 e. The molecule has 236 valence electrons. The third-order valence-electron chi connectivity index (χ3n) is 8.51. The van der Waals surface area contributed by atoms with Crippen molar-refractivity contribution in [2.45, 2.75) is 44.5 Å². The number of alkyl halides is 3. The maximum atomic E-state index is 14.9. The van der Waals surface area contributed by atoms with Gasteiger partial charge in [-0.05, 0) is 73.1 Å². The van der Waals surface area contributed by atoms with E-state index in [1.165, 1.54) is 16.8 Å². The van der Waals surface area contributed by atoms with Gasteiger partial charge in [-0.25, -0.2) is 4.68 Å². The molecule has 4 aromatic rings. The highest BCUT2D eigenvalue weighted by atomic mass is 35.5. The molecule has 0 bridgehead atoms. The molecule has 2 fully saturated rings. The number of carbonyl (C=O) groups is 1. The van der Waals surface area contributed by atoms with Crippen LogP contribution in [-0.4, -0.2) is 62.7 Å². The zero-order valence-corrected chi connectivity index (χ0v) is 25.0. The molecule has 1 spiro atoms. The Morgan fingerprint density at radius 1 is 1.11 bits per heavy atom. The minimum atomic E-state index is -4.84. The van der Waals surface area contributed by atoms with Gasteiger partial charge in [0.25, 0.3) is 0 Å². The maximum Gasteiger partial charge on any atom is 0.429 e.